The molecule has 5 nitrogen and oxygen atoms in total. The molecule has 0 saturated carbocycles. The summed E-state index contributed by atoms with van der Waals surface area (Å²) in [7, 11) is 0. The van der Waals surface area contributed by atoms with E-state index in [2.05, 4.69) is 374 Å². The van der Waals surface area contributed by atoms with Crippen LogP contribution in [0, 0.1) is 0 Å². The first-order chi connectivity index (χ1) is 54.4. The fourth-order valence-corrected chi connectivity index (χ4v) is 17.9. The van der Waals surface area contributed by atoms with E-state index >= 15 is 0 Å². The van der Waals surface area contributed by atoms with E-state index in [1.165, 1.54) is 53.0 Å². The second-order valence-corrected chi connectivity index (χ2v) is 29.8. The minimum Gasteiger partial charge on any atom is -0.456 e. The molecule has 6 heteroatoms. The molecule has 18 aromatic carbocycles. The highest BCUT2D eigenvalue weighted by atomic mass is 32.1. The van der Waals surface area contributed by atoms with E-state index in [4.69, 9.17) is 13.3 Å². The van der Waals surface area contributed by atoms with Crippen molar-refractivity contribution in [2.24, 2.45) is 0 Å². The number of anilines is 6. The monoisotopic (exact) mass is 1420 g/mol. The predicted molar refractivity (Wildman–Crippen MR) is 464 cm³/mol. The summed E-state index contributed by atoms with van der Waals surface area (Å²) in [6.45, 7) is 0. The minimum absolute atomic E-state index is 0.858. The molecule has 514 valence electrons. The van der Waals surface area contributed by atoms with E-state index in [1.807, 2.05) is 35.6 Å². The molecule has 0 spiro atoms. The molecule has 0 amide bonds. The molecule has 22 aromatic rings. The van der Waals surface area contributed by atoms with Crippen LogP contribution in [0.5, 0.6) is 0 Å². The highest BCUT2D eigenvalue weighted by Crippen LogP contribution is 2.46. The van der Waals surface area contributed by atoms with Gasteiger partial charge in [0, 0.05) is 86.6 Å². The number of hydrogen-bond acceptors (Lipinski definition) is 6. The molecule has 0 aliphatic rings. The third-order valence-corrected chi connectivity index (χ3v) is 23.5. The van der Waals surface area contributed by atoms with Gasteiger partial charge < -0.3 is 23.1 Å². The van der Waals surface area contributed by atoms with Gasteiger partial charge in [0.05, 0.1) is 0 Å². The van der Waals surface area contributed by atoms with E-state index in [1.54, 1.807) is 0 Å². The van der Waals surface area contributed by atoms with Crippen molar-refractivity contribution >= 4 is 153 Å². The summed E-state index contributed by atoms with van der Waals surface area (Å²) in [5.74, 6) is 0. The molecule has 22 rings (SSSR count). The standard InChI is InChI=1S/C104H64N2O3S/c1-2-13-70-56-73(27-26-65(70)12-1)71-14-9-17-87(59-71)106(85-50-38-69(39-51-85)88-21-11-22-93-92-20-5-8-25-103(92)110-104(88)93)84-48-36-68(37-49-84)80-43-55-101-96(63-80)91-52-40-81(64-102(91)109-101)77-31-30-75-57-74(28-29-76(75)58-77)72-15-10-16-86(60-72)105(82-44-32-66(33-45-82)78-41-53-99-94(61-78)89-18-3-6-23-97(89)107-99)83-46-34-67(35-47-83)79-42-54-100-95(62-79)90-19-4-7-24-98(90)108-100/h1-64H. The molecule has 110 heavy (non-hydrogen) atoms. The zero-order valence-corrected chi connectivity index (χ0v) is 60.3. The number of nitrogens with zero attached hydrogens (tertiary/aromatic N) is 2. The van der Waals surface area contributed by atoms with Crippen molar-refractivity contribution in [2.45, 2.75) is 0 Å². The molecule has 0 fully saturated rings. The van der Waals surface area contributed by atoms with Gasteiger partial charge in [0.25, 0.3) is 0 Å². The highest BCUT2D eigenvalue weighted by Gasteiger charge is 2.21. The molecule has 4 aromatic heterocycles. The minimum atomic E-state index is 0.858. The summed E-state index contributed by atoms with van der Waals surface area (Å²) in [5, 5.41) is 14.0. The Morgan fingerprint density at radius 3 is 1.02 bits per heavy atom. The van der Waals surface area contributed by atoms with Crippen LogP contribution in [0.25, 0.3) is 185 Å². The Morgan fingerprint density at radius 1 is 0.173 bits per heavy atom. The second kappa shape index (κ2) is 25.7. The van der Waals surface area contributed by atoms with Gasteiger partial charge in [-0.05, 0) is 257 Å². The first-order valence-corrected chi connectivity index (χ1v) is 38.2. The highest BCUT2D eigenvalue weighted by molar-refractivity contribution is 7.26. The zero-order chi connectivity index (χ0) is 72.3. The fraction of sp³-hybridized carbons (Fsp3) is 0. The van der Waals surface area contributed by atoms with Gasteiger partial charge in [-0.15, -0.1) is 11.3 Å². The van der Waals surface area contributed by atoms with Crippen LogP contribution in [-0.2, 0) is 0 Å². The number of hydrogen-bond donors (Lipinski definition) is 0. The number of benzene rings is 18. The average Bonchev–Trinajstić information content (AvgIpc) is 1.49. The van der Waals surface area contributed by atoms with E-state index in [0.29, 0.717) is 0 Å². The Morgan fingerprint density at radius 2 is 0.509 bits per heavy atom. The molecule has 4 heterocycles. The van der Waals surface area contributed by atoms with Crippen LogP contribution in [0.4, 0.5) is 34.1 Å². The molecule has 0 aliphatic carbocycles. The summed E-state index contributed by atoms with van der Waals surface area (Å²) in [6.07, 6.45) is 0. The van der Waals surface area contributed by atoms with Crippen molar-refractivity contribution in [3.05, 3.63) is 388 Å². The van der Waals surface area contributed by atoms with Gasteiger partial charge in [0.1, 0.15) is 33.5 Å². The maximum Gasteiger partial charge on any atom is 0.136 e. The van der Waals surface area contributed by atoms with Gasteiger partial charge >= 0.3 is 0 Å². The van der Waals surface area contributed by atoms with Crippen molar-refractivity contribution in [1.29, 1.82) is 0 Å². The molecular formula is C104H64N2O3S. The predicted octanol–water partition coefficient (Wildman–Crippen LogP) is 30.7. The molecule has 0 N–H and O–H groups in total. The van der Waals surface area contributed by atoms with Gasteiger partial charge in [-0.25, -0.2) is 0 Å². The topological polar surface area (TPSA) is 45.9 Å². The first kappa shape index (κ1) is 63.0. The molecule has 0 saturated heterocycles. The SMILES string of the molecule is c1cc(-c2ccc3ccccc3c2)cc(N(c2ccc(-c3ccc4oc5cc(-c6ccc7cc(-c8cccc(N(c9ccc(-c%10ccc%11oc%12ccccc%12c%11c%10)cc9)c9ccc(-c%10ccc%11oc%12ccccc%12c%11c%10)cc9)c8)ccc7c6)ccc5c4c3)cc2)c2ccc(-c3cccc4c3sc3ccccc34)cc2)c1. The van der Waals surface area contributed by atoms with E-state index in [9.17, 15) is 0 Å². The van der Waals surface area contributed by atoms with Gasteiger partial charge in [-0.2, -0.15) is 0 Å². The third kappa shape index (κ3) is 11.0. The lowest BCUT2D eigenvalue weighted by Crippen LogP contribution is -2.10. The second-order valence-electron chi connectivity index (χ2n) is 28.7. The van der Waals surface area contributed by atoms with Crippen molar-refractivity contribution < 1.29 is 13.3 Å². The summed E-state index contributed by atoms with van der Waals surface area (Å²) >= 11 is 1.87. The van der Waals surface area contributed by atoms with Crippen molar-refractivity contribution in [2.75, 3.05) is 9.80 Å². The summed E-state index contributed by atoms with van der Waals surface area (Å²) < 4.78 is 21.7. The van der Waals surface area contributed by atoms with Crippen LogP contribution in [0.2, 0.25) is 0 Å². The maximum absolute atomic E-state index is 6.70. The third-order valence-electron chi connectivity index (χ3n) is 22.2. The van der Waals surface area contributed by atoms with Crippen LogP contribution in [0.15, 0.2) is 401 Å². The lowest BCUT2D eigenvalue weighted by molar-refractivity contribution is 0.668. The van der Waals surface area contributed by atoms with Gasteiger partial charge in [0.15, 0.2) is 0 Å². The number of fused-ring (bicyclic) bond motifs is 14. The van der Waals surface area contributed by atoms with Crippen molar-refractivity contribution in [3.63, 3.8) is 0 Å². The Bertz CT molecular complexity index is 7250. The Labute approximate surface area is 637 Å². The van der Waals surface area contributed by atoms with Crippen LogP contribution in [-0.4, -0.2) is 0 Å². The van der Waals surface area contributed by atoms with Gasteiger partial charge in [-0.1, -0.05) is 231 Å². The van der Waals surface area contributed by atoms with Crippen molar-refractivity contribution in [1.82, 2.24) is 0 Å². The maximum atomic E-state index is 6.70. The molecule has 0 aliphatic heterocycles. The Hall–Kier alpha value is -14.3. The summed E-state index contributed by atoms with van der Waals surface area (Å²) in [4.78, 5) is 4.74. The molecular weight excluding hydrogens is 1360 g/mol. The average molecular weight is 1420 g/mol. The lowest BCUT2D eigenvalue weighted by Gasteiger charge is -2.26. The quantitative estimate of drug-likeness (QED) is 0.115. The van der Waals surface area contributed by atoms with Crippen LogP contribution in [0.1, 0.15) is 0 Å². The first-order valence-electron chi connectivity index (χ1n) is 37.4. The molecule has 0 bridgehead atoms. The van der Waals surface area contributed by atoms with Crippen LogP contribution in [0.3, 0.4) is 0 Å². The van der Waals surface area contributed by atoms with E-state index in [0.717, 1.165) is 167 Å². The van der Waals surface area contributed by atoms with Crippen molar-refractivity contribution in [3.8, 4) is 77.9 Å². The van der Waals surface area contributed by atoms with E-state index in [-0.39, 0.29) is 0 Å². The van der Waals surface area contributed by atoms with Gasteiger partial charge in [0.2, 0.25) is 0 Å². The van der Waals surface area contributed by atoms with E-state index < -0.39 is 0 Å². The smallest absolute Gasteiger partial charge is 0.136 e. The largest absolute Gasteiger partial charge is 0.456 e. The number of rotatable bonds is 13. The van der Waals surface area contributed by atoms with Crippen LogP contribution < -0.4 is 9.80 Å². The fourth-order valence-electron chi connectivity index (χ4n) is 16.6. The summed E-state index contributed by atoms with van der Waals surface area (Å²) in [6, 6.07) is 141. The van der Waals surface area contributed by atoms with Gasteiger partial charge in [-0.3, -0.25) is 0 Å². The molecule has 0 unspecified atom stereocenters. The lowest BCUT2D eigenvalue weighted by atomic mass is 9.96. The zero-order valence-electron chi connectivity index (χ0n) is 59.5. The Kier molecular flexibility index (Phi) is 14.8. The summed E-state index contributed by atoms with van der Waals surface area (Å²) in [5.41, 5.74) is 27.7. The normalized spacial score (nSPS) is 11.8. The molecule has 0 atom stereocenters. The Balaban J connectivity index is 0.549. The number of furan rings is 3. The molecule has 0 radical (unpaired) electrons. The number of thiophene rings is 1. The van der Waals surface area contributed by atoms with Crippen LogP contribution >= 0.6 is 11.3 Å². The number of para-hydroxylation sites is 2.